The van der Waals surface area contributed by atoms with Crippen molar-refractivity contribution < 1.29 is 23.5 Å². The number of fused-ring (bicyclic) bond motifs is 1. The second kappa shape index (κ2) is 10.6. The van der Waals surface area contributed by atoms with Crippen molar-refractivity contribution in [3.63, 3.8) is 0 Å². The van der Waals surface area contributed by atoms with Crippen molar-refractivity contribution in [3.05, 3.63) is 70.1 Å². The molecule has 1 heterocycles. The highest BCUT2D eigenvalue weighted by Crippen LogP contribution is 2.24. The number of ether oxygens (including phenoxy) is 2. The largest absolute Gasteiger partial charge is 0.493 e. The number of benzene rings is 2. The minimum Gasteiger partial charge on any atom is -0.493 e. The Labute approximate surface area is 185 Å². The number of hydrogen-bond acceptors (Lipinski definition) is 7. The summed E-state index contributed by atoms with van der Waals surface area (Å²) in [7, 11) is 1.47. The minimum absolute atomic E-state index is 0.134. The molecule has 2 aromatic carbocycles. The molecule has 168 valence electrons. The van der Waals surface area contributed by atoms with Crippen molar-refractivity contribution in [2.45, 2.75) is 13.8 Å². The highest BCUT2D eigenvalue weighted by atomic mass is 16.5. The number of hydrogen-bond donors (Lipinski definition) is 1. The first-order chi connectivity index (χ1) is 15.5. The number of nitrogens with zero attached hydrogens (tertiary/aromatic N) is 1. The summed E-state index contributed by atoms with van der Waals surface area (Å²) in [5.74, 6) is -0.636. The molecule has 3 aromatic rings. The number of amides is 1. The number of methoxy groups -OCH3 is 1. The zero-order valence-corrected chi connectivity index (χ0v) is 18.3. The molecule has 32 heavy (non-hydrogen) atoms. The van der Waals surface area contributed by atoms with Gasteiger partial charge in [-0.2, -0.15) is 0 Å². The number of rotatable bonds is 9. The fourth-order valence-electron chi connectivity index (χ4n) is 3.22. The Morgan fingerprint density at radius 2 is 1.78 bits per heavy atom. The lowest BCUT2D eigenvalue weighted by molar-refractivity contribution is 0.0466. The Morgan fingerprint density at radius 1 is 1.06 bits per heavy atom. The van der Waals surface area contributed by atoms with E-state index in [2.05, 4.69) is 24.1 Å². The molecule has 0 saturated heterocycles. The van der Waals surface area contributed by atoms with E-state index in [1.807, 2.05) is 0 Å². The van der Waals surface area contributed by atoms with Gasteiger partial charge in [-0.15, -0.1) is 0 Å². The van der Waals surface area contributed by atoms with Gasteiger partial charge in [0, 0.05) is 17.6 Å². The van der Waals surface area contributed by atoms with E-state index in [-0.39, 0.29) is 11.1 Å². The monoisotopic (exact) mass is 438 g/mol. The number of para-hydroxylation sites is 1. The van der Waals surface area contributed by atoms with Gasteiger partial charge >= 0.3 is 11.6 Å². The van der Waals surface area contributed by atoms with E-state index >= 15 is 0 Å². The Bertz CT molecular complexity index is 1150. The predicted octanol–water partition coefficient (Wildman–Crippen LogP) is 3.55. The lowest BCUT2D eigenvalue weighted by atomic mass is 10.1. The van der Waals surface area contributed by atoms with Gasteiger partial charge in [0.05, 0.1) is 12.7 Å². The first-order valence-corrected chi connectivity index (χ1v) is 10.4. The van der Waals surface area contributed by atoms with Crippen LogP contribution in [0.3, 0.4) is 0 Å². The average molecular weight is 438 g/mol. The lowest BCUT2D eigenvalue weighted by Gasteiger charge is -2.17. The van der Waals surface area contributed by atoms with Crippen LogP contribution >= 0.6 is 0 Å². The van der Waals surface area contributed by atoms with Gasteiger partial charge in [-0.3, -0.25) is 4.79 Å². The molecule has 1 amide bonds. The summed E-state index contributed by atoms with van der Waals surface area (Å²) in [4.78, 5) is 39.3. The minimum atomic E-state index is -0.770. The van der Waals surface area contributed by atoms with Gasteiger partial charge in [-0.25, -0.2) is 9.59 Å². The van der Waals surface area contributed by atoms with Crippen LogP contribution < -0.4 is 15.7 Å². The summed E-state index contributed by atoms with van der Waals surface area (Å²) in [6.07, 6.45) is 0. The van der Waals surface area contributed by atoms with Crippen LogP contribution in [-0.4, -0.2) is 50.1 Å². The number of nitrogens with one attached hydrogen (secondary N) is 1. The summed E-state index contributed by atoms with van der Waals surface area (Å²) in [5.41, 5.74) is 0.179. The Balaban J connectivity index is 1.66. The van der Waals surface area contributed by atoms with Crippen LogP contribution in [0, 0.1) is 0 Å². The van der Waals surface area contributed by atoms with Gasteiger partial charge in [0.25, 0.3) is 5.91 Å². The molecule has 0 aliphatic rings. The molecule has 0 saturated carbocycles. The van der Waals surface area contributed by atoms with Crippen LogP contribution in [0.15, 0.2) is 57.7 Å². The highest BCUT2D eigenvalue weighted by molar-refractivity contribution is 6.05. The van der Waals surface area contributed by atoms with Crippen LogP contribution in [0.25, 0.3) is 11.0 Å². The van der Waals surface area contributed by atoms with Crippen molar-refractivity contribution in [1.82, 2.24) is 4.90 Å². The number of likely N-dealkylation sites (N-methyl/N-ethyl adjacent to an activating group) is 1. The maximum Gasteiger partial charge on any atom is 0.349 e. The SMILES string of the molecule is CCN(CC)CCOC(=O)c1ccc(NC(=O)c2cc3cccc(OC)c3oc2=O)cc1. The van der Waals surface area contributed by atoms with Crippen molar-refractivity contribution in [1.29, 1.82) is 0 Å². The second-order valence-corrected chi connectivity index (χ2v) is 7.02. The molecule has 0 unspecified atom stereocenters. The van der Waals surface area contributed by atoms with Gasteiger partial charge < -0.3 is 24.1 Å². The molecule has 0 atom stereocenters. The summed E-state index contributed by atoms with van der Waals surface area (Å²) < 4.78 is 15.8. The topological polar surface area (TPSA) is 98.1 Å². The van der Waals surface area contributed by atoms with Crippen molar-refractivity contribution in [3.8, 4) is 5.75 Å². The average Bonchev–Trinajstić information content (AvgIpc) is 2.81. The van der Waals surface area contributed by atoms with E-state index < -0.39 is 17.5 Å². The molecule has 0 radical (unpaired) electrons. The fourth-order valence-corrected chi connectivity index (χ4v) is 3.22. The molecule has 0 bridgehead atoms. The molecular weight excluding hydrogens is 412 g/mol. The van der Waals surface area contributed by atoms with Crippen LogP contribution in [-0.2, 0) is 4.74 Å². The molecule has 8 nitrogen and oxygen atoms in total. The Hall–Kier alpha value is -3.65. The standard InChI is InChI=1S/C24H26N2O6/c1-4-26(5-2)13-14-31-23(28)16-9-11-18(12-10-16)25-22(27)19-15-17-7-6-8-20(30-3)21(17)32-24(19)29/h6-12,15H,4-5,13-14H2,1-3H3,(H,25,27). The number of carbonyl (C=O) groups excluding carboxylic acids is 2. The Kier molecular flexibility index (Phi) is 7.62. The summed E-state index contributed by atoms with van der Waals surface area (Å²) in [6, 6.07) is 12.9. The maximum atomic E-state index is 12.6. The predicted molar refractivity (Wildman–Crippen MR) is 122 cm³/mol. The Morgan fingerprint density at radius 3 is 2.44 bits per heavy atom. The second-order valence-electron chi connectivity index (χ2n) is 7.02. The van der Waals surface area contributed by atoms with Gasteiger partial charge in [0.1, 0.15) is 12.2 Å². The van der Waals surface area contributed by atoms with Gasteiger partial charge in [0.15, 0.2) is 11.3 Å². The van der Waals surface area contributed by atoms with E-state index in [0.29, 0.717) is 35.5 Å². The third kappa shape index (κ3) is 5.33. The van der Waals surface area contributed by atoms with Crippen LogP contribution in [0.2, 0.25) is 0 Å². The lowest BCUT2D eigenvalue weighted by Crippen LogP contribution is -2.27. The van der Waals surface area contributed by atoms with Crippen LogP contribution in [0.4, 0.5) is 5.69 Å². The molecule has 0 spiro atoms. The first kappa shape index (κ1) is 23.0. The smallest absolute Gasteiger partial charge is 0.349 e. The summed E-state index contributed by atoms with van der Waals surface area (Å²) >= 11 is 0. The zero-order chi connectivity index (χ0) is 23.1. The first-order valence-electron chi connectivity index (χ1n) is 10.4. The van der Waals surface area contributed by atoms with Gasteiger partial charge in [0.2, 0.25) is 0 Å². The van der Waals surface area contributed by atoms with Crippen molar-refractivity contribution in [2.75, 3.05) is 38.7 Å². The van der Waals surface area contributed by atoms with Crippen molar-refractivity contribution >= 4 is 28.5 Å². The zero-order valence-electron chi connectivity index (χ0n) is 18.3. The highest BCUT2D eigenvalue weighted by Gasteiger charge is 2.16. The molecule has 1 aromatic heterocycles. The molecule has 0 fully saturated rings. The van der Waals surface area contributed by atoms with Crippen LogP contribution in [0.1, 0.15) is 34.6 Å². The summed E-state index contributed by atoms with van der Waals surface area (Å²) in [6.45, 7) is 6.87. The van der Waals surface area contributed by atoms with Gasteiger partial charge in [-0.05, 0) is 49.5 Å². The van der Waals surface area contributed by atoms with E-state index in [0.717, 1.165) is 13.1 Å². The van der Waals surface area contributed by atoms with E-state index in [4.69, 9.17) is 13.9 Å². The molecule has 1 N–H and O–H groups in total. The van der Waals surface area contributed by atoms with E-state index in [1.54, 1.807) is 42.5 Å². The van der Waals surface area contributed by atoms with Gasteiger partial charge in [-0.1, -0.05) is 26.0 Å². The number of carbonyl (C=O) groups is 2. The van der Waals surface area contributed by atoms with Crippen LogP contribution in [0.5, 0.6) is 5.75 Å². The van der Waals surface area contributed by atoms with E-state index in [9.17, 15) is 14.4 Å². The number of esters is 1. The molecule has 8 heteroatoms. The molecular formula is C24H26N2O6. The van der Waals surface area contributed by atoms with E-state index in [1.165, 1.54) is 13.2 Å². The molecule has 0 aliphatic heterocycles. The van der Waals surface area contributed by atoms with Crippen molar-refractivity contribution in [2.24, 2.45) is 0 Å². The molecule has 3 rings (SSSR count). The fraction of sp³-hybridized carbons (Fsp3) is 0.292. The normalized spacial score (nSPS) is 10.9. The maximum absolute atomic E-state index is 12.6. The molecule has 0 aliphatic carbocycles. The third-order valence-corrected chi connectivity index (χ3v) is 5.10. The third-order valence-electron chi connectivity index (χ3n) is 5.10. The number of anilines is 1. The summed E-state index contributed by atoms with van der Waals surface area (Å²) in [5, 5.41) is 3.21. The quantitative estimate of drug-likeness (QED) is 0.403.